The predicted molar refractivity (Wildman–Crippen MR) is 474 cm³/mol. The van der Waals surface area contributed by atoms with Crippen LogP contribution in [-0.2, 0) is 5.41 Å². The molecule has 0 aliphatic heterocycles. The van der Waals surface area contributed by atoms with Gasteiger partial charge in [0.2, 0.25) is 0 Å². The van der Waals surface area contributed by atoms with Crippen LogP contribution >= 0.6 is 45.3 Å². The van der Waals surface area contributed by atoms with Gasteiger partial charge in [0.1, 0.15) is 11.1 Å². The van der Waals surface area contributed by atoms with Gasteiger partial charge in [0, 0.05) is 87.5 Å². The van der Waals surface area contributed by atoms with Gasteiger partial charge in [-0.25, -0.2) is 15.0 Å². The van der Waals surface area contributed by atoms with Gasteiger partial charge >= 0.3 is 0 Å². The molecular formula is C102H63N3OS4. The third kappa shape index (κ3) is 10.8. The molecule has 0 radical (unpaired) electrons. The fraction of sp³-hybridized carbons (Fsp3) is 0.0294. The molecule has 8 heteroatoms. The lowest BCUT2D eigenvalue weighted by Crippen LogP contribution is -2.14. The summed E-state index contributed by atoms with van der Waals surface area (Å²) in [6, 6.07) is 125. The molecule has 8 heterocycles. The standard InChI is InChI=1S/C36H25NS.C33H19NOS.C33H19NS2/c1-36(2)30-9-5-3-7-27(30)28-17-15-25(20-31(28)36)23-13-11-22(12-14-23)24-16-18-32-26(19-24)21-34-35(37-32)29-8-4-6-10-33(29)38-34;1-3-10-29-27(7-1)32-30(35-29)19-23-18-22(16-17-28(23)34-32)20-12-14-21(15-13-20)24-8-5-9-26-25-6-2-4-11-31(25)36-33(24)26;1-3-10-29-25(6-1)26-9-5-8-24(33(26)36-29)21-14-12-20(13-15-21)22-16-17-28-23(18-22)19-31-32(34-28)27-7-2-4-11-30(27)35-31/h3-21H,1-2H3;2*1-19H. The molecule has 1 aliphatic rings. The van der Waals surface area contributed by atoms with Gasteiger partial charge in [-0.1, -0.05) is 263 Å². The number of nitrogens with zero attached hydrogens (tertiary/aromatic N) is 3. The molecule has 516 valence electrons. The van der Waals surface area contributed by atoms with Gasteiger partial charge in [0.15, 0.2) is 5.58 Å². The highest BCUT2D eigenvalue weighted by molar-refractivity contribution is 7.27. The highest BCUT2D eigenvalue weighted by Gasteiger charge is 2.35. The maximum Gasteiger partial charge on any atom is 0.154 e. The quantitative estimate of drug-likeness (QED) is 0.166. The third-order valence-corrected chi connectivity index (χ3v) is 27.1. The first kappa shape index (κ1) is 64.4. The van der Waals surface area contributed by atoms with Crippen molar-refractivity contribution in [1.82, 2.24) is 15.0 Å². The first-order valence-corrected chi connectivity index (χ1v) is 40.5. The van der Waals surface area contributed by atoms with E-state index in [-0.39, 0.29) is 5.41 Å². The Bertz CT molecular complexity index is 7380. The maximum absolute atomic E-state index is 6.07. The number of thiophene rings is 4. The zero-order valence-corrected chi connectivity index (χ0v) is 63.1. The van der Waals surface area contributed by atoms with E-state index in [2.05, 4.69) is 341 Å². The van der Waals surface area contributed by atoms with Gasteiger partial charge in [-0.15, -0.1) is 45.3 Å². The van der Waals surface area contributed by atoms with E-state index in [0.29, 0.717) is 0 Å². The second-order valence-electron chi connectivity index (χ2n) is 29.2. The Hall–Kier alpha value is -12.8. The summed E-state index contributed by atoms with van der Waals surface area (Å²) in [6.45, 7) is 4.68. The number of hydrogen-bond acceptors (Lipinski definition) is 8. The average Bonchev–Trinajstić information content (AvgIpc) is 1.58. The number of benzene rings is 15. The van der Waals surface area contributed by atoms with Gasteiger partial charge in [0.25, 0.3) is 0 Å². The minimum absolute atomic E-state index is 0.0147. The lowest BCUT2D eigenvalue weighted by atomic mass is 9.81. The van der Waals surface area contributed by atoms with Crippen molar-refractivity contribution in [3.8, 4) is 77.9 Å². The maximum atomic E-state index is 6.07. The predicted octanol–water partition coefficient (Wildman–Crippen LogP) is 30.4. The van der Waals surface area contributed by atoms with Crippen molar-refractivity contribution in [2.45, 2.75) is 19.3 Å². The number of furan rings is 1. The summed E-state index contributed by atoms with van der Waals surface area (Å²) in [6.07, 6.45) is 0. The molecular weight excluding hydrogens is 1410 g/mol. The summed E-state index contributed by atoms with van der Waals surface area (Å²) in [7, 11) is 0. The van der Waals surface area contributed by atoms with Crippen LogP contribution in [0.5, 0.6) is 0 Å². The molecule has 0 N–H and O–H groups in total. The van der Waals surface area contributed by atoms with Crippen molar-refractivity contribution < 1.29 is 4.42 Å². The molecule has 1 aliphatic carbocycles. The van der Waals surface area contributed by atoms with Crippen LogP contribution in [0.15, 0.2) is 350 Å². The van der Waals surface area contributed by atoms with Crippen LogP contribution in [0.4, 0.5) is 0 Å². The number of rotatable bonds is 6. The van der Waals surface area contributed by atoms with Gasteiger partial charge in [-0.2, -0.15) is 0 Å². The molecule has 8 aromatic heterocycles. The van der Waals surface area contributed by atoms with Gasteiger partial charge in [-0.3, -0.25) is 0 Å². The van der Waals surface area contributed by atoms with E-state index < -0.39 is 0 Å². The number of fused-ring (bicyclic) bond motifs is 21. The van der Waals surface area contributed by atoms with Crippen LogP contribution < -0.4 is 0 Å². The van der Waals surface area contributed by atoms with Crippen molar-refractivity contribution in [2.24, 2.45) is 0 Å². The molecule has 0 bridgehead atoms. The Kier molecular flexibility index (Phi) is 15.0. The van der Waals surface area contributed by atoms with Gasteiger partial charge in [-0.05, 0) is 186 Å². The Labute approximate surface area is 649 Å². The Balaban J connectivity index is 0.000000102. The van der Waals surface area contributed by atoms with E-state index in [1.807, 2.05) is 63.5 Å². The highest BCUT2D eigenvalue weighted by atomic mass is 32.1. The molecule has 110 heavy (non-hydrogen) atoms. The molecule has 0 fully saturated rings. The largest absolute Gasteiger partial charge is 0.454 e. The van der Waals surface area contributed by atoms with E-state index in [1.165, 1.54) is 170 Å². The van der Waals surface area contributed by atoms with E-state index in [4.69, 9.17) is 19.4 Å². The molecule has 23 aromatic rings. The van der Waals surface area contributed by atoms with E-state index in [0.717, 1.165) is 55.0 Å². The number of hydrogen-bond donors (Lipinski definition) is 0. The summed E-state index contributed by atoms with van der Waals surface area (Å²) >= 11 is 7.39. The Morgan fingerprint density at radius 1 is 0.227 bits per heavy atom. The van der Waals surface area contributed by atoms with Crippen LogP contribution in [0.1, 0.15) is 25.0 Å². The zero-order chi connectivity index (χ0) is 72.7. The highest BCUT2D eigenvalue weighted by Crippen LogP contribution is 2.51. The fourth-order valence-electron chi connectivity index (χ4n) is 16.8. The molecule has 0 saturated carbocycles. The molecule has 15 aromatic carbocycles. The fourth-order valence-corrected chi connectivity index (χ4v) is 21.5. The summed E-state index contributed by atoms with van der Waals surface area (Å²) in [4.78, 5) is 14.9. The van der Waals surface area contributed by atoms with Crippen molar-refractivity contribution in [3.63, 3.8) is 0 Å². The summed E-state index contributed by atoms with van der Waals surface area (Å²) in [5, 5.41) is 12.3. The first-order valence-electron chi connectivity index (χ1n) is 37.2. The van der Waals surface area contributed by atoms with Crippen LogP contribution in [0.3, 0.4) is 0 Å². The molecule has 0 atom stereocenters. The minimum atomic E-state index is 0.0147. The lowest BCUT2D eigenvalue weighted by Gasteiger charge is -2.22. The number of para-hydroxylation sites is 1. The summed E-state index contributed by atoms with van der Waals surface area (Å²) < 4.78 is 16.5. The minimum Gasteiger partial charge on any atom is -0.454 e. The summed E-state index contributed by atoms with van der Waals surface area (Å²) in [5.74, 6) is 0. The molecule has 0 unspecified atom stereocenters. The van der Waals surface area contributed by atoms with Crippen LogP contribution in [0.25, 0.3) is 214 Å². The SMILES string of the molecule is CC1(C)c2ccccc2-c2ccc(-c3ccc(-c4ccc5nc6c(cc5c4)sc4ccccc46)cc3)cc21.c1ccc2c(c1)oc1cc3cc(-c4ccc(-c5cccc6c5sc5ccccc56)cc4)ccc3nc12.c1ccc2c(c1)sc1c(-c3ccc(-c4ccc5nc6c(cc5c4)sc4ccccc46)cc3)cccc12. The molecule has 4 nitrogen and oxygen atoms in total. The van der Waals surface area contributed by atoms with E-state index in [9.17, 15) is 0 Å². The van der Waals surface area contributed by atoms with Crippen molar-refractivity contribution >= 4 is 181 Å². The zero-order valence-electron chi connectivity index (χ0n) is 59.8. The second-order valence-corrected chi connectivity index (χ2v) is 33.5. The van der Waals surface area contributed by atoms with Crippen molar-refractivity contribution in [3.05, 3.63) is 357 Å². The van der Waals surface area contributed by atoms with Crippen molar-refractivity contribution in [2.75, 3.05) is 0 Å². The smallest absolute Gasteiger partial charge is 0.154 e. The first-order chi connectivity index (χ1) is 54.2. The monoisotopic (exact) mass is 1470 g/mol. The normalized spacial score (nSPS) is 12.5. The van der Waals surface area contributed by atoms with Crippen LogP contribution in [0.2, 0.25) is 0 Å². The average molecular weight is 1470 g/mol. The van der Waals surface area contributed by atoms with Gasteiger partial charge in [0.05, 0.1) is 37.0 Å². The third-order valence-electron chi connectivity index (χ3n) is 22.4. The summed E-state index contributed by atoms with van der Waals surface area (Å²) in [5.41, 5.74) is 28.3. The van der Waals surface area contributed by atoms with Crippen LogP contribution in [0, 0.1) is 0 Å². The number of aromatic nitrogens is 3. The molecule has 24 rings (SSSR count). The topological polar surface area (TPSA) is 51.8 Å². The molecule has 0 saturated heterocycles. The lowest BCUT2D eigenvalue weighted by molar-refractivity contribution is 0.660. The Morgan fingerprint density at radius 2 is 0.582 bits per heavy atom. The van der Waals surface area contributed by atoms with Crippen molar-refractivity contribution in [1.29, 1.82) is 0 Å². The molecule has 0 amide bonds. The van der Waals surface area contributed by atoms with E-state index >= 15 is 0 Å². The second kappa shape index (κ2) is 25.7. The van der Waals surface area contributed by atoms with Gasteiger partial charge < -0.3 is 4.42 Å². The van der Waals surface area contributed by atoms with Crippen LogP contribution in [-0.4, -0.2) is 15.0 Å². The number of pyridine rings is 3. The molecule has 0 spiro atoms. The van der Waals surface area contributed by atoms with E-state index in [1.54, 1.807) is 0 Å². The Morgan fingerprint density at radius 3 is 1.08 bits per heavy atom.